The maximum absolute atomic E-state index is 11.2. The zero-order chi connectivity index (χ0) is 12.0. The van der Waals surface area contributed by atoms with Crippen LogP contribution in [0.15, 0.2) is 22.8 Å². The van der Waals surface area contributed by atoms with Gasteiger partial charge >= 0.3 is 0 Å². The lowest BCUT2D eigenvalue weighted by Crippen LogP contribution is -2.35. The lowest BCUT2D eigenvalue weighted by molar-refractivity contribution is -0.117. The van der Waals surface area contributed by atoms with Gasteiger partial charge in [-0.25, -0.2) is 0 Å². The van der Waals surface area contributed by atoms with Crippen molar-refractivity contribution in [3.05, 3.63) is 24.2 Å². The molecule has 0 N–H and O–H groups in total. The van der Waals surface area contributed by atoms with Crippen molar-refractivity contribution in [2.75, 3.05) is 13.6 Å². The molecule has 3 heteroatoms. The van der Waals surface area contributed by atoms with E-state index in [-0.39, 0.29) is 5.41 Å². The fourth-order valence-electron chi connectivity index (χ4n) is 1.94. The average Bonchev–Trinajstić information content (AvgIpc) is 2.79. The molecule has 0 aliphatic carbocycles. The van der Waals surface area contributed by atoms with Gasteiger partial charge in [-0.2, -0.15) is 0 Å². The molecule has 0 fully saturated rings. The number of furan rings is 1. The van der Waals surface area contributed by atoms with E-state index < -0.39 is 0 Å². The molecule has 3 nitrogen and oxygen atoms in total. The summed E-state index contributed by atoms with van der Waals surface area (Å²) >= 11 is 0. The van der Waals surface area contributed by atoms with Gasteiger partial charge in [0.15, 0.2) is 0 Å². The molecule has 0 aliphatic heterocycles. The quantitative estimate of drug-likeness (QED) is 0.666. The molecule has 90 valence electrons. The second-order valence-corrected chi connectivity index (χ2v) is 4.44. The van der Waals surface area contributed by atoms with Gasteiger partial charge in [-0.15, -0.1) is 0 Å². The van der Waals surface area contributed by atoms with Gasteiger partial charge in [0.1, 0.15) is 12.0 Å². The highest BCUT2D eigenvalue weighted by atomic mass is 16.3. The van der Waals surface area contributed by atoms with Crippen molar-refractivity contribution < 1.29 is 9.21 Å². The number of nitrogens with zero attached hydrogens (tertiary/aromatic N) is 1. The second kappa shape index (κ2) is 5.85. The smallest absolute Gasteiger partial charge is 0.127 e. The van der Waals surface area contributed by atoms with Crippen LogP contribution in [0.2, 0.25) is 0 Å². The van der Waals surface area contributed by atoms with Crippen LogP contribution >= 0.6 is 0 Å². The Morgan fingerprint density at radius 3 is 2.56 bits per heavy atom. The highest BCUT2D eigenvalue weighted by Gasteiger charge is 2.27. The Labute approximate surface area is 97.4 Å². The van der Waals surface area contributed by atoms with Crippen LogP contribution in [0, 0.1) is 5.41 Å². The summed E-state index contributed by atoms with van der Waals surface area (Å²) in [7, 11) is 2.02. The van der Waals surface area contributed by atoms with Crippen LogP contribution < -0.4 is 0 Å². The van der Waals surface area contributed by atoms with E-state index >= 15 is 0 Å². The summed E-state index contributed by atoms with van der Waals surface area (Å²) < 4.78 is 5.29. The zero-order valence-electron chi connectivity index (χ0n) is 10.4. The maximum atomic E-state index is 11.2. The van der Waals surface area contributed by atoms with Crippen LogP contribution in [0.1, 0.15) is 32.4 Å². The Kier molecular flexibility index (Phi) is 4.74. The van der Waals surface area contributed by atoms with Gasteiger partial charge in [-0.3, -0.25) is 4.90 Å². The van der Waals surface area contributed by atoms with Crippen molar-refractivity contribution >= 4 is 6.29 Å². The van der Waals surface area contributed by atoms with E-state index in [2.05, 4.69) is 18.7 Å². The van der Waals surface area contributed by atoms with E-state index in [4.69, 9.17) is 4.42 Å². The van der Waals surface area contributed by atoms with Gasteiger partial charge in [0.25, 0.3) is 0 Å². The summed E-state index contributed by atoms with van der Waals surface area (Å²) in [5.74, 6) is 0.939. The average molecular weight is 223 g/mol. The molecule has 1 aromatic heterocycles. The van der Waals surface area contributed by atoms with Crippen LogP contribution in [0.25, 0.3) is 0 Å². The molecule has 0 aliphatic rings. The summed E-state index contributed by atoms with van der Waals surface area (Å²) in [5.41, 5.74) is -0.207. The van der Waals surface area contributed by atoms with Crippen LogP contribution in [-0.4, -0.2) is 24.8 Å². The summed E-state index contributed by atoms with van der Waals surface area (Å²) in [4.78, 5) is 13.3. The summed E-state index contributed by atoms with van der Waals surface area (Å²) in [6, 6.07) is 3.84. The van der Waals surface area contributed by atoms with E-state index in [0.717, 1.165) is 38.0 Å². The fraction of sp³-hybridized carbons (Fsp3) is 0.615. The van der Waals surface area contributed by atoms with E-state index in [1.54, 1.807) is 6.26 Å². The molecule has 0 saturated heterocycles. The summed E-state index contributed by atoms with van der Waals surface area (Å²) in [5, 5.41) is 0. The van der Waals surface area contributed by atoms with Gasteiger partial charge in [0, 0.05) is 12.0 Å². The largest absolute Gasteiger partial charge is 0.468 e. The molecule has 0 bridgehead atoms. The minimum absolute atomic E-state index is 0.207. The number of hydrogen-bond donors (Lipinski definition) is 0. The molecule has 0 atom stereocenters. The minimum Gasteiger partial charge on any atom is -0.468 e. The van der Waals surface area contributed by atoms with E-state index in [1.807, 2.05) is 19.2 Å². The first-order valence-corrected chi connectivity index (χ1v) is 5.83. The molecule has 1 heterocycles. The number of carbonyl (C=O) groups excluding carboxylic acids is 1. The SMILES string of the molecule is CCC(C=O)(CC)CN(C)Cc1ccco1. The first-order valence-electron chi connectivity index (χ1n) is 5.83. The van der Waals surface area contributed by atoms with E-state index in [0.29, 0.717) is 0 Å². The van der Waals surface area contributed by atoms with Crippen molar-refractivity contribution in [1.29, 1.82) is 0 Å². The molecule has 0 spiro atoms. The van der Waals surface area contributed by atoms with E-state index in [1.165, 1.54) is 0 Å². The Balaban J connectivity index is 2.55. The zero-order valence-corrected chi connectivity index (χ0v) is 10.4. The lowest BCUT2D eigenvalue weighted by atomic mass is 9.83. The first-order chi connectivity index (χ1) is 7.65. The number of carbonyl (C=O) groups is 1. The lowest BCUT2D eigenvalue weighted by Gasteiger charge is -2.30. The number of aldehydes is 1. The molecule has 1 aromatic rings. The molecule has 0 aromatic carbocycles. The molecular formula is C13H21NO2. The van der Waals surface area contributed by atoms with Crippen LogP contribution in [-0.2, 0) is 11.3 Å². The fourth-order valence-corrected chi connectivity index (χ4v) is 1.94. The molecule has 0 saturated carbocycles. The first kappa shape index (κ1) is 13.0. The van der Waals surface area contributed by atoms with Crippen LogP contribution in [0.3, 0.4) is 0 Å². The van der Waals surface area contributed by atoms with Crippen molar-refractivity contribution in [2.45, 2.75) is 33.2 Å². The van der Waals surface area contributed by atoms with Gasteiger partial charge in [-0.1, -0.05) is 13.8 Å². The van der Waals surface area contributed by atoms with Crippen LogP contribution in [0.4, 0.5) is 0 Å². The van der Waals surface area contributed by atoms with E-state index in [9.17, 15) is 4.79 Å². The van der Waals surface area contributed by atoms with Crippen LogP contribution in [0.5, 0.6) is 0 Å². The molecule has 1 rings (SSSR count). The number of rotatable bonds is 7. The van der Waals surface area contributed by atoms with Gasteiger partial charge < -0.3 is 9.21 Å². The van der Waals surface area contributed by atoms with Gasteiger partial charge in [-0.05, 0) is 32.0 Å². The molecular weight excluding hydrogens is 202 g/mol. The monoisotopic (exact) mass is 223 g/mol. The Bertz CT molecular complexity index is 302. The minimum atomic E-state index is -0.207. The third-order valence-electron chi connectivity index (χ3n) is 3.25. The third kappa shape index (κ3) is 3.20. The predicted molar refractivity (Wildman–Crippen MR) is 64.1 cm³/mol. The second-order valence-electron chi connectivity index (χ2n) is 4.44. The Morgan fingerprint density at radius 2 is 2.12 bits per heavy atom. The highest BCUT2D eigenvalue weighted by Crippen LogP contribution is 2.25. The molecule has 0 amide bonds. The number of hydrogen-bond acceptors (Lipinski definition) is 3. The third-order valence-corrected chi connectivity index (χ3v) is 3.25. The highest BCUT2D eigenvalue weighted by molar-refractivity contribution is 5.59. The molecule has 16 heavy (non-hydrogen) atoms. The topological polar surface area (TPSA) is 33.5 Å². The summed E-state index contributed by atoms with van der Waals surface area (Å²) in [6.45, 7) is 5.67. The van der Waals surface area contributed by atoms with Gasteiger partial charge in [0.05, 0.1) is 12.8 Å². The standard InChI is InChI=1S/C13H21NO2/c1-4-13(5-2,11-15)10-14(3)9-12-7-6-8-16-12/h6-8,11H,4-5,9-10H2,1-3H3. The van der Waals surface area contributed by atoms with Crippen molar-refractivity contribution in [3.8, 4) is 0 Å². The van der Waals surface area contributed by atoms with Crippen molar-refractivity contribution in [3.63, 3.8) is 0 Å². The molecule has 0 unspecified atom stereocenters. The normalized spacial score (nSPS) is 12.0. The Hall–Kier alpha value is -1.09. The molecule has 0 radical (unpaired) electrons. The summed E-state index contributed by atoms with van der Waals surface area (Å²) in [6.07, 6.45) is 4.55. The van der Waals surface area contributed by atoms with Gasteiger partial charge in [0.2, 0.25) is 0 Å². The maximum Gasteiger partial charge on any atom is 0.127 e. The predicted octanol–water partition coefficient (Wildman–Crippen LogP) is 2.72. The van der Waals surface area contributed by atoms with Crippen molar-refractivity contribution in [2.24, 2.45) is 5.41 Å². The van der Waals surface area contributed by atoms with Crippen molar-refractivity contribution in [1.82, 2.24) is 4.90 Å². The Morgan fingerprint density at radius 1 is 1.44 bits per heavy atom.